The van der Waals surface area contributed by atoms with Crippen LogP contribution in [0.3, 0.4) is 0 Å². The van der Waals surface area contributed by atoms with Crippen molar-refractivity contribution in [2.45, 2.75) is 45.2 Å². The summed E-state index contributed by atoms with van der Waals surface area (Å²) < 4.78 is 0. The maximum atomic E-state index is 12.2. The number of aryl methyl sites for hydroxylation is 1. The van der Waals surface area contributed by atoms with Crippen molar-refractivity contribution in [3.05, 3.63) is 29.6 Å². The van der Waals surface area contributed by atoms with Crippen molar-refractivity contribution in [1.29, 1.82) is 0 Å². The molecule has 0 aromatic carbocycles. The summed E-state index contributed by atoms with van der Waals surface area (Å²) in [4.78, 5) is 16.4. The summed E-state index contributed by atoms with van der Waals surface area (Å²) in [5.74, 6) is 0.0859. The molecule has 0 radical (unpaired) electrons. The van der Waals surface area contributed by atoms with E-state index in [1.165, 1.54) is 0 Å². The van der Waals surface area contributed by atoms with Crippen molar-refractivity contribution in [1.82, 2.24) is 15.6 Å². The molecule has 2 N–H and O–H groups in total. The van der Waals surface area contributed by atoms with E-state index in [2.05, 4.69) is 15.6 Å². The molecule has 0 aliphatic carbocycles. The fourth-order valence-corrected chi connectivity index (χ4v) is 2.23. The molecule has 1 aliphatic rings. The maximum absolute atomic E-state index is 12.2. The van der Waals surface area contributed by atoms with Gasteiger partial charge in [0.15, 0.2) is 0 Å². The molecule has 18 heavy (non-hydrogen) atoms. The van der Waals surface area contributed by atoms with Crippen LogP contribution in [0.5, 0.6) is 0 Å². The second kappa shape index (κ2) is 5.48. The molecule has 2 heterocycles. The first kappa shape index (κ1) is 13.0. The van der Waals surface area contributed by atoms with Gasteiger partial charge in [0.2, 0.25) is 5.91 Å². The average molecular weight is 247 g/mol. The Hall–Kier alpha value is -1.42. The highest BCUT2D eigenvalue weighted by molar-refractivity contribution is 5.85. The molecular weight excluding hydrogens is 226 g/mol. The molecule has 2 rings (SSSR count). The van der Waals surface area contributed by atoms with Gasteiger partial charge >= 0.3 is 0 Å². The lowest BCUT2D eigenvalue weighted by molar-refractivity contribution is -0.128. The van der Waals surface area contributed by atoms with E-state index in [4.69, 9.17) is 0 Å². The molecular formula is C14H21N3O. The number of hydrogen-bond acceptors (Lipinski definition) is 3. The number of carbonyl (C=O) groups excluding carboxylic acids is 1. The summed E-state index contributed by atoms with van der Waals surface area (Å²) in [5, 5.41) is 6.30. The third-order valence-electron chi connectivity index (χ3n) is 3.55. The number of nitrogens with zero attached hydrogens (tertiary/aromatic N) is 1. The van der Waals surface area contributed by atoms with E-state index in [0.29, 0.717) is 6.54 Å². The molecule has 1 atom stereocenters. The second-order valence-corrected chi connectivity index (χ2v) is 5.21. The topological polar surface area (TPSA) is 54.0 Å². The molecule has 1 aromatic rings. The van der Waals surface area contributed by atoms with Gasteiger partial charge in [-0.3, -0.25) is 9.78 Å². The number of rotatable bonds is 3. The zero-order valence-corrected chi connectivity index (χ0v) is 11.1. The van der Waals surface area contributed by atoms with Crippen LogP contribution in [0.15, 0.2) is 18.3 Å². The minimum absolute atomic E-state index is 0.0859. The molecule has 0 bridgehead atoms. The summed E-state index contributed by atoms with van der Waals surface area (Å²) in [5.41, 5.74) is 1.62. The Morgan fingerprint density at radius 1 is 1.50 bits per heavy atom. The van der Waals surface area contributed by atoms with Crippen molar-refractivity contribution in [3.63, 3.8) is 0 Å². The number of pyridine rings is 1. The fraction of sp³-hybridized carbons (Fsp3) is 0.571. The Morgan fingerprint density at radius 2 is 2.33 bits per heavy atom. The van der Waals surface area contributed by atoms with E-state index in [1.807, 2.05) is 32.2 Å². The van der Waals surface area contributed by atoms with E-state index < -0.39 is 5.54 Å². The molecule has 4 heteroatoms. The van der Waals surface area contributed by atoms with Crippen molar-refractivity contribution in [2.75, 3.05) is 6.54 Å². The van der Waals surface area contributed by atoms with Gasteiger partial charge in [-0.25, -0.2) is 0 Å². The molecule has 0 spiro atoms. The Bertz CT molecular complexity index is 408. The Labute approximate surface area is 108 Å². The third kappa shape index (κ3) is 3.07. The highest BCUT2D eigenvalue weighted by Crippen LogP contribution is 2.18. The first-order valence-corrected chi connectivity index (χ1v) is 6.55. The van der Waals surface area contributed by atoms with Crippen LogP contribution in [0.25, 0.3) is 0 Å². The number of nitrogens with one attached hydrogen (secondary N) is 2. The van der Waals surface area contributed by atoms with Gasteiger partial charge in [-0.15, -0.1) is 0 Å². The van der Waals surface area contributed by atoms with Gasteiger partial charge in [-0.05, 0) is 51.3 Å². The standard InChI is InChI=1S/C14H21N3O/c1-11-5-6-12(9-15-11)10-16-13(18)14(2)7-3-4-8-17-14/h5-6,9,17H,3-4,7-8,10H2,1-2H3,(H,16,18). The lowest BCUT2D eigenvalue weighted by Gasteiger charge is -2.33. The van der Waals surface area contributed by atoms with Gasteiger partial charge in [-0.1, -0.05) is 6.07 Å². The molecule has 1 unspecified atom stereocenters. The van der Waals surface area contributed by atoms with Crippen molar-refractivity contribution < 1.29 is 4.79 Å². The monoisotopic (exact) mass is 247 g/mol. The molecule has 1 saturated heterocycles. The Balaban J connectivity index is 1.89. The van der Waals surface area contributed by atoms with E-state index in [0.717, 1.165) is 37.1 Å². The summed E-state index contributed by atoms with van der Waals surface area (Å²) >= 11 is 0. The van der Waals surface area contributed by atoms with Crippen LogP contribution >= 0.6 is 0 Å². The molecule has 1 aliphatic heterocycles. The second-order valence-electron chi connectivity index (χ2n) is 5.21. The Kier molecular flexibility index (Phi) is 3.97. The molecule has 1 fully saturated rings. The SMILES string of the molecule is Cc1ccc(CNC(=O)C2(C)CCCCN2)cn1. The van der Waals surface area contributed by atoms with E-state index >= 15 is 0 Å². The lowest BCUT2D eigenvalue weighted by atomic mass is 9.90. The number of aromatic nitrogens is 1. The van der Waals surface area contributed by atoms with Crippen LogP contribution in [-0.2, 0) is 11.3 Å². The predicted octanol–water partition coefficient (Wildman–Crippen LogP) is 1.54. The van der Waals surface area contributed by atoms with Gasteiger partial charge in [0.1, 0.15) is 0 Å². The van der Waals surface area contributed by atoms with Gasteiger partial charge in [0, 0.05) is 18.4 Å². The molecule has 0 saturated carbocycles. The maximum Gasteiger partial charge on any atom is 0.240 e. The van der Waals surface area contributed by atoms with Crippen molar-refractivity contribution in [3.8, 4) is 0 Å². The normalized spacial score (nSPS) is 23.7. The average Bonchev–Trinajstić information content (AvgIpc) is 2.38. The van der Waals surface area contributed by atoms with E-state index in [9.17, 15) is 4.79 Å². The van der Waals surface area contributed by atoms with Crippen LogP contribution in [0, 0.1) is 6.92 Å². The van der Waals surface area contributed by atoms with Crippen LogP contribution in [0.2, 0.25) is 0 Å². The van der Waals surface area contributed by atoms with E-state index in [-0.39, 0.29) is 5.91 Å². The summed E-state index contributed by atoms with van der Waals surface area (Å²) in [7, 11) is 0. The van der Waals surface area contributed by atoms with Crippen molar-refractivity contribution in [2.24, 2.45) is 0 Å². The molecule has 1 aromatic heterocycles. The number of piperidine rings is 1. The largest absolute Gasteiger partial charge is 0.350 e. The highest BCUT2D eigenvalue weighted by atomic mass is 16.2. The third-order valence-corrected chi connectivity index (χ3v) is 3.55. The van der Waals surface area contributed by atoms with Crippen LogP contribution in [0.1, 0.15) is 37.4 Å². The van der Waals surface area contributed by atoms with Gasteiger partial charge < -0.3 is 10.6 Å². The van der Waals surface area contributed by atoms with Crippen LogP contribution < -0.4 is 10.6 Å². The van der Waals surface area contributed by atoms with Crippen molar-refractivity contribution >= 4 is 5.91 Å². The minimum atomic E-state index is -0.406. The first-order valence-electron chi connectivity index (χ1n) is 6.55. The smallest absolute Gasteiger partial charge is 0.240 e. The summed E-state index contributed by atoms with van der Waals surface area (Å²) in [6, 6.07) is 3.96. The minimum Gasteiger partial charge on any atom is -0.350 e. The van der Waals surface area contributed by atoms with Crippen LogP contribution in [-0.4, -0.2) is 23.0 Å². The van der Waals surface area contributed by atoms with Crippen LogP contribution in [0.4, 0.5) is 0 Å². The zero-order valence-electron chi connectivity index (χ0n) is 11.1. The van der Waals surface area contributed by atoms with Gasteiger partial charge in [0.05, 0.1) is 5.54 Å². The lowest BCUT2D eigenvalue weighted by Crippen LogP contribution is -2.56. The Morgan fingerprint density at radius 3 is 2.94 bits per heavy atom. The fourth-order valence-electron chi connectivity index (χ4n) is 2.23. The highest BCUT2D eigenvalue weighted by Gasteiger charge is 2.33. The molecule has 98 valence electrons. The number of carbonyl (C=O) groups is 1. The van der Waals surface area contributed by atoms with Gasteiger partial charge in [-0.2, -0.15) is 0 Å². The van der Waals surface area contributed by atoms with Gasteiger partial charge in [0.25, 0.3) is 0 Å². The summed E-state index contributed by atoms with van der Waals surface area (Å²) in [6.45, 7) is 5.41. The molecule has 1 amide bonds. The number of amides is 1. The van der Waals surface area contributed by atoms with E-state index in [1.54, 1.807) is 0 Å². The quantitative estimate of drug-likeness (QED) is 0.852. The predicted molar refractivity (Wildman–Crippen MR) is 71.1 cm³/mol. The summed E-state index contributed by atoms with van der Waals surface area (Å²) in [6.07, 6.45) is 4.99. The zero-order chi connectivity index (χ0) is 13.0. The number of hydrogen-bond donors (Lipinski definition) is 2. The first-order chi connectivity index (χ1) is 8.60. The molecule has 4 nitrogen and oxygen atoms in total.